The van der Waals surface area contributed by atoms with E-state index in [1.54, 1.807) is 24.4 Å². The van der Waals surface area contributed by atoms with Crippen LogP contribution >= 0.6 is 11.6 Å². The molecule has 0 fully saturated rings. The van der Waals surface area contributed by atoms with Gasteiger partial charge in [0.05, 0.1) is 39.7 Å². The fourth-order valence-electron chi connectivity index (χ4n) is 3.88. The van der Waals surface area contributed by atoms with Crippen molar-refractivity contribution in [3.05, 3.63) is 80.9 Å². The van der Waals surface area contributed by atoms with E-state index >= 15 is 0 Å². The second-order valence-electron chi connectivity index (χ2n) is 8.23. The average Bonchev–Trinajstić information content (AvgIpc) is 2.80. The lowest BCUT2D eigenvalue weighted by Gasteiger charge is -2.24. The molecule has 3 heterocycles. The van der Waals surface area contributed by atoms with Gasteiger partial charge in [-0.1, -0.05) is 37.6 Å². The Kier molecular flexibility index (Phi) is 5.98. The van der Waals surface area contributed by atoms with Crippen LogP contribution in [0.5, 0.6) is 5.75 Å². The smallest absolute Gasteiger partial charge is 0.292 e. The van der Waals surface area contributed by atoms with Crippen molar-refractivity contribution in [1.82, 2.24) is 14.5 Å². The molecule has 0 saturated heterocycles. The van der Waals surface area contributed by atoms with E-state index in [4.69, 9.17) is 18.2 Å². The molecule has 0 aliphatic carbocycles. The minimum atomic E-state index is -0.757. The van der Waals surface area contributed by atoms with Gasteiger partial charge in [0.2, 0.25) is 0 Å². The molecule has 0 amide bonds. The van der Waals surface area contributed by atoms with Crippen LogP contribution in [-0.4, -0.2) is 33.7 Å². The first-order valence-corrected chi connectivity index (χ1v) is 10.8. The Bertz CT molecular complexity index is 1510. The first-order chi connectivity index (χ1) is 16.2. The Morgan fingerprint density at radius 3 is 2.56 bits per heavy atom. The third-order valence-corrected chi connectivity index (χ3v) is 5.77. The van der Waals surface area contributed by atoms with Crippen LogP contribution in [0.4, 0.5) is 15.8 Å². The molecule has 0 unspecified atom stereocenters. The number of anilines is 1. The molecule has 0 saturated carbocycles. The third-order valence-electron chi connectivity index (χ3n) is 5.48. The highest BCUT2D eigenvalue weighted by molar-refractivity contribution is 6.33. The SMILES string of the molecule is [C-]#[N+]c1c(O)c2cc(Cl)c(-c3ccccc3F)nc2n(-c2c(N(C)C)ccnc2C(C)C)c1=O. The first-order valence-electron chi connectivity index (χ1n) is 10.4. The van der Waals surface area contributed by atoms with Gasteiger partial charge in [-0.25, -0.2) is 14.2 Å². The summed E-state index contributed by atoms with van der Waals surface area (Å²) < 4.78 is 15.9. The maximum atomic E-state index is 14.6. The molecule has 0 radical (unpaired) electrons. The summed E-state index contributed by atoms with van der Waals surface area (Å²) >= 11 is 6.45. The quantitative estimate of drug-likeness (QED) is 0.382. The Morgan fingerprint density at radius 2 is 1.94 bits per heavy atom. The number of hydrogen-bond donors (Lipinski definition) is 1. The van der Waals surface area contributed by atoms with E-state index in [1.165, 1.54) is 22.8 Å². The van der Waals surface area contributed by atoms with Crippen molar-refractivity contribution in [2.45, 2.75) is 19.8 Å². The van der Waals surface area contributed by atoms with Crippen LogP contribution in [0.2, 0.25) is 5.02 Å². The first kappa shape index (κ1) is 23.2. The van der Waals surface area contributed by atoms with Crippen LogP contribution in [0.15, 0.2) is 47.4 Å². The summed E-state index contributed by atoms with van der Waals surface area (Å²) in [6, 6.07) is 9.15. The number of benzene rings is 1. The normalized spacial score (nSPS) is 11.1. The van der Waals surface area contributed by atoms with Gasteiger partial charge in [-0.15, -0.1) is 0 Å². The van der Waals surface area contributed by atoms with Crippen molar-refractivity contribution < 1.29 is 9.50 Å². The molecule has 0 spiro atoms. The van der Waals surface area contributed by atoms with Crippen LogP contribution in [0.1, 0.15) is 25.5 Å². The van der Waals surface area contributed by atoms with E-state index in [1.807, 2.05) is 32.8 Å². The Morgan fingerprint density at radius 1 is 1.24 bits per heavy atom. The molecule has 1 aromatic carbocycles. The molecule has 0 atom stereocenters. The lowest BCUT2D eigenvalue weighted by atomic mass is 10.1. The van der Waals surface area contributed by atoms with Crippen LogP contribution in [-0.2, 0) is 0 Å². The zero-order valence-electron chi connectivity index (χ0n) is 19.0. The highest BCUT2D eigenvalue weighted by atomic mass is 35.5. The monoisotopic (exact) mass is 477 g/mol. The van der Waals surface area contributed by atoms with Gasteiger partial charge in [-0.2, -0.15) is 0 Å². The number of aromatic nitrogens is 3. The van der Waals surface area contributed by atoms with Gasteiger partial charge < -0.3 is 10.0 Å². The van der Waals surface area contributed by atoms with Gasteiger partial charge >= 0.3 is 0 Å². The molecular weight excluding hydrogens is 457 g/mol. The summed E-state index contributed by atoms with van der Waals surface area (Å²) in [7, 11) is 3.64. The molecule has 7 nitrogen and oxygen atoms in total. The number of rotatable bonds is 4. The van der Waals surface area contributed by atoms with Crippen molar-refractivity contribution >= 4 is 34.0 Å². The summed E-state index contributed by atoms with van der Waals surface area (Å²) in [5.41, 5.74) is 0.752. The fraction of sp³-hybridized carbons (Fsp3) is 0.200. The largest absolute Gasteiger partial charge is 0.518 e. The number of halogens is 2. The number of hydrogen-bond acceptors (Lipinski definition) is 5. The molecule has 3 aromatic heterocycles. The highest BCUT2D eigenvalue weighted by Gasteiger charge is 2.26. The topological polar surface area (TPSA) is 75.6 Å². The van der Waals surface area contributed by atoms with Crippen LogP contribution in [0, 0.1) is 12.4 Å². The summed E-state index contributed by atoms with van der Waals surface area (Å²) in [4.78, 5) is 27.7. The third kappa shape index (κ3) is 3.64. The van der Waals surface area contributed by atoms with Crippen molar-refractivity contribution in [2.75, 3.05) is 19.0 Å². The van der Waals surface area contributed by atoms with Gasteiger partial charge in [-0.3, -0.25) is 14.3 Å². The zero-order valence-corrected chi connectivity index (χ0v) is 19.7. The molecule has 4 aromatic rings. The molecular formula is C25H21ClFN5O2. The number of pyridine rings is 3. The number of fused-ring (bicyclic) bond motifs is 1. The van der Waals surface area contributed by atoms with Crippen molar-refractivity contribution in [3.8, 4) is 22.7 Å². The summed E-state index contributed by atoms with van der Waals surface area (Å²) in [5.74, 6) is -1.15. The highest BCUT2D eigenvalue weighted by Crippen LogP contribution is 2.39. The van der Waals surface area contributed by atoms with Crippen LogP contribution in [0.25, 0.3) is 32.8 Å². The molecule has 0 bridgehead atoms. The maximum Gasteiger partial charge on any atom is 0.292 e. The Labute approximate surface area is 200 Å². The van der Waals surface area contributed by atoms with Gasteiger partial charge in [0, 0.05) is 25.9 Å². The van der Waals surface area contributed by atoms with Gasteiger partial charge in [0.15, 0.2) is 0 Å². The predicted octanol–water partition coefficient (Wildman–Crippen LogP) is 5.69. The second-order valence-corrected chi connectivity index (χ2v) is 8.64. The Hall–Kier alpha value is -3.96. The minimum Gasteiger partial charge on any atom is -0.518 e. The molecule has 34 heavy (non-hydrogen) atoms. The standard InChI is InChI=1S/C25H21ClFN5O2/c1-13(2)19-22(18(31(4)5)10-11-29-19)32-24-15(23(33)21(28-3)25(32)34)12-16(26)20(30-24)14-8-6-7-9-17(14)27/h6-13,33H,1-2,4-5H3. The van der Waals surface area contributed by atoms with E-state index in [0.717, 1.165) is 0 Å². The molecule has 0 aliphatic heterocycles. The van der Waals surface area contributed by atoms with Gasteiger partial charge in [0.1, 0.15) is 17.2 Å². The number of aromatic hydroxyl groups is 1. The molecule has 1 N–H and O–H groups in total. The van der Waals surface area contributed by atoms with Gasteiger partial charge in [0.25, 0.3) is 11.2 Å². The second kappa shape index (κ2) is 8.76. The van der Waals surface area contributed by atoms with E-state index in [2.05, 4.69) is 14.8 Å². The lowest BCUT2D eigenvalue weighted by molar-refractivity contribution is 0.483. The molecule has 4 rings (SSSR count). The van der Waals surface area contributed by atoms with Crippen molar-refractivity contribution in [2.24, 2.45) is 0 Å². The maximum absolute atomic E-state index is 14.6. The van der Waals surface area contributed by atoms with E-state index < -0.39 is 22.8 Å². The fourth-order valence-corrected chi connectivity index (χ4v) is 4.13. The van der Waals surface area contributed by atoms with E-state index in [0.29, 0.717) is 17.1 Å². The van der Waals surface area contributed by atoms with Crippen molar-refractivity contribution in [3.63, 3.8) is 0 Å². The van der Waals surface area contributed by atoms with E-state index in [-0.39, 0.29) is 33.2 Å². The average molecular weight is 478 g/mol. The van der Waals surface area contributed by atoms with Gasteiger partial charge in [-0.05, 0) is 30.2 Å². The van der Waals surface area contributed by atoms with Crippen LogP contribution in [0.3, 0.4) is 0 Å². The van der Waals surface area contributed by atoms with E-state index in [9.17, 15) is 14.3 Å². The van der Waals surface area contributed by atoms with Crippen molar-refractivity contribution in [1.29, 1.82) is 0 Å². The minimum absolute atomic E-state index is 0.0375. The van der Waals surface area contributed by atoms with Crippen LogP contribution < -0.4 is 10.5 Å². The predicted molar refractivity (Wildman–Crippen MR) is 132 cm³/mol. The zero-order chi connectivity index (χ0) is 24.7. The summed E-state index contributed by atoms with van der Waals surface area (Å²) in [6.07, 6.45) is 1.65. The molecule has 9 heteroatoms. The summed E-state index contributed by atoms with van der Waals surface area (Å²) in [5, 5.41) is 10.9. The molecule has 172 valence electrons. The summed E-state index contributed by atoms with van der Waals surface area (Å²) in [6.45, 7) is 11.4. The number of nitrogens with zero attached hydrogens (tertiary/aromatic N) is 5. The Balaban J connectivity index is 2.26. The molecule has 0 aliphatic rings. The lowest BCUT2D eigenvalue weighted by Crippen LogP contribution is -2.24.